The van der Waals surface area contributed by atoms with Gasteiger partial charge < -0.3 is 18.9 Å². The Morgan fingerprint density at radius 3 is 2.24 bits per heavy atom. The highest BCUT2D eigenvalue weighted by molar-refractivity contribution is 9.10. The molecule has 2 aromatic rings. The van der Waals surface area contributed by atoms with Crippen molar-refractivity contribution in [2.24, 2.45) is 0 Å². The molecule has 0 amide bonds. The van der Waals surface area contributed by atoms with Gasteiger partial charge in [0.25, 0.3) is 5.79 Å². The van der Waals surface area contributed by atoms with Crippen LogP contribution in [0, 0.1) is 0 Å². The molecule has 6 nitrogen and oxygen atoms in total. The van der Waals surface area contributed by atoms with Gasteiger partial charge in [-0.25, -0.2) is 9.59 Å². The second-order valence-electron chi connectivity index (χ2n) is 6.79. The molecule has 1 aliphatic rings. The Labute approximate surface area is 177 Å². The molecule has 2 aromatic carbocycles. The quantitative estimate of drug-likeness (QED) is 0.355. The standard InChI is InChI=1S/C22H21BrO6/c1-4-26-19-12-15(11-17-20(24)28-22(2,3)29-21(17)25)7-10-18(19)27-13-14-5-8-16(23)9-6-14/h5-12H,4,13H2,1-3H3. The number of benzene rings is 2. The Balaban J connectivity index is 1.81. The van der Waals surface area contributed by atoms with Gasteiger partial charge in [0.1, 0.15) is 12.2 Å². The molecule has 0 spiro atoms. The minimum atomic E-state index is -1.27. The third kappa shape index (κ3) is 5.38. The molecule has 0 bridgehead atoms. The van der Waals surface area contributed by atoms with Crippen molar-refractivity contribution in [1.29, 1.82) is 0 Å². The SMILES string of the molecule is CCOc1cc(C=C2C(=O)OC(C)(C)OC2=O)ccc1OCc1ccc(Br)cc1. The number of carbonyl (C=O) groups excluding carboxylic acids is 2. The Morgan fingerprint density at radius 1 is 0.966 bits per heavy atom. The normalized spacial score (nSPS) is 15.4. The van der Waals surface area contributed by atoms with Crippen LogP contribution in [-0.4, -0.2) is 24.3 Å². The summed E-state index contributed by atoms with van der Waals surface area (Å²) in [5.74, 6) is -1.64. The van der Waals surface area contributed by atoms with Gasteiger partial charge in [-0.1, -0.05) is 34.1 Å². The van der Waals surface area contributed by atoms with Crippen molar-refractivity contribution in [3.63, 3.8) is 0 Å². The van der Waals surface area contributed by atoms with Crippen LogP contribution < -0.4 is 9.47 Å². The van der Waals surface area contributed by atoms with Crippen LogP contribution in [0.15, 0.2) is 52.5 Å². The molecule has 0 atom stereocenters. The smallest absolute Gasteiger partial charge is 0.348 e. The zero-order chi connectivity index (χ0) is 21.0. The molecular weight excluding hydrogens is 440 g/mol. The predicted molar refractivity (Wildman–Crippen MR) is 110 cm³/mol. The maximum Gasteiger partial charge on any atom is 0.348 e. The van der Waals surface area contributed by atoms with E-state index in [-0.39, 0.29) is 5.57 Å². The van der Waals surface area contributed by atoms with E-state index in [1.54, 1.807) is 18.2 Å². The monoisotopic (exact) mass is 460 g/mol. The molecule has 0 aliphatic carbocycles. The molecule has 0 N–H and O–H groups in total. The Bertz CT molecular complexity index is 924. The fraction of sp³-hybridized carbons (Fsp3) is 0.273. The van der Waals surface area contributed by atoms with Gasteiger partial charge in [-0.15, -0.1) is 0 Å². The summed E-state index contributed by atoms with van der Waals surface area (Å²) in [4.78, 5) is 24.3. The zero-order valence-corrected chi connectivity index (χ0v) is 17.9. The lowest BCUT2D eigenvalue weighted by Crippen LogP contribution is -2.41. The maximum absolute atomic E-state index is 12.1. The van der Waals surface area contributed by atoms with Crippen LogP contribution in [0.1, 0.15) is 31.9 Å². The Kier molecular flexibility index (Phi) is 6.27. The van der Waals surface area contributed by atoms with Gasteiger partial charge in [-0.3, -0.25) is 0 Å². The van der Waals surface area contributed by atoms with Crippen LogP contribution in [-0.2, 0) is 25.7 Å². The minimum absolute atomic E-state index is 0.171. The summed E-state index contributed by atoms with van der Waals surface area (Å²) in [6.45, 7) is 5.69. The average Bonchev–Trinajstić information content (AvgIpc) is 2.65. The molecular formula is C22H21BrO6. The third-order valence-corrected chi connectivity index (χ3v) is 4.53. The Morgan fingerprint density at radius 2 is 1.62 bits per heavy atom. The van der Waals surface area contributed by atoms with Crippen molar-refractivity contribution in [3.05, 3.63) is 63.6 Å². The highest BCUT2D eigenvalue weighted by Gasteiger charge is 2.38. The Hall–Kier alpha value is -2.80. The van der Waals surface area contributed by atoms with Gasteiger partial charge in [0, 0.05) is 18.3 Å². The lowest BCUT2D eigenvalue weighted by Gasteiger charge is -2.29. The zero-order valence-electron chi connectivity index (χ0n) is 16.4. The van der Waals surface area contributed by atoms with E-state index in [0.717, 1.165) is 10.0 Å². The third-order valence-electron chi connectivity index (χ3n) is 4.00. The summed E-state index contributed by atoms with van der Waals surface area (Å²) in [5, 5.41) is 0. The summed E-state index contributed by atoms with van der Waals surface area (Å²) in [5.41, 5.74) is 1.43. The van der Waals surface area contributed by atoms with Crippen molar-refractivity contribution < 1.29 is 28.5 Å². The van der Waals surface area contributed by atoms with Crippen LogP contribution in [0.3, 0.4) is 0 Å². The minimum Gasteiger partial charge on any atom is -0.490 e. The largest absolute Gasteiger partial charge is 0.490 e. The van der Waals surface area contributed by atoms with Crippen molar-refractivity contribution in [1.82, 2.24) is 0 Å². The number of hydrogen-bond donors (Lipinski definition) is 0. The van der Waals surface area contributed by atoms with E-state index in [1.165, 1.54) is 19.9 Å². The molecule has 0 saturated carbocycles. The molecule has 7 heteroatoms. The fourth-order valence-corrected chi connectivity index (χ4v) is 2.95. The number of carbonyl (C=O) groups is 2. The first-order chi connectivity index (χ1) is 13.8. The van der Waals surface area contributed by atoms with E-state index in [2.05, 4.69) is 15.9 Å². The lowest BCUT2D eigenvalue weighted by molar-refractivity contribution is -0.222. The van der Waals surface area contributed by atoms with Crippen LogP contribution >= 0.6 is 15.9 Å². The molecule has 1 saturated heterocycles. The highest BCUT2D eigenvalue weighted by Crippen LogP contribution is 2.31. The number of rotatable bonds is 6. The van der Waals surface area contributed by atoms with Crippen LogP contribution in [0.2, 0.25) is 0 Å². The first-order valence-corrected chi connectivity index (χ1v) is 9.89. The maximum atomic E-state index is 12.1. The lowest BCUT2D eigenvalue weighted by atomic mass is 10.1. The molecule has 1 aliphatic heterocycles. The molecule has 0 unspecified atom stereocenters. The number of halogens is 1. The van der Waals surface area contributed by atoms with E-state index in [9.17, 15) is 9.59 Å². The van der Waals surface area contributed by atoms with Crippen molar-refractivity contribution in [2.45, 2.75) is 33.2 Å². The van der Waals surface area contributed by atoms with Gasteiger partial charge in [0.15, 0.2) is 11.5 Å². The fourth-order valence-electron chi connectivity index (χ4n) is 2.69. The summed E-state index contributed by atoms with van der Waals surface area (Å²) in [6.07, 6.45) is 1.42. The van der Waals surface area contributed by atoms with Crippen LogP contribution in [0.5, 0.6) is 11.5 Å². The molecule has 152 valence electrons. The van der Waals surface area contributed by atoms with Crippen molar-refractivity contribution in [3.8, 4) is 11.5 Å². The summed E-state index contributed by atoms with van der Waals surface area (Å²) < 4.78 is 22.8. The summed E-state index contributed by atoms with van der Waals surface area (Å²) >= 11 is 3.40. The highest BCUT2D eigenvalue weighted by atomic mass is 79.9. The summed E-state index contributed by atoms with van der Waals surface area (Å²) in [7, 11) is 0. The summed E-state index contributed by atoms with van der Waals surface area (Å²) in [6, 6.07) is 13.0. The van der Waals surface area contributed by atoms with Crippen LogP contribution in [0.25, 0.3) is 6.08 Å². The average molecular weight is 461 g/mol. The van der Waals surface area contributed by atoms with E-state index >= 15 is 0 Å². The topological polar surface area (TPSA) is 71.1 Å². The van der Waals surface area contributed by atoms with E-state index in [0.29, 0.717) is 30.3 Å². The second kappa shape index (κ2) is 8.69. The number of cyclic esters (lactones) is 2. The van der Waals surface area contributed by atoms with E-state index < -0.39 is 17.7 Å². The van der Waals surface area contributed by atoms with Crippen molar-refractivity contribution in [2.75, 3.05) is 6.61 Å². The molecule has 3 rings (SSSR count). The molecule has 1 heterocycles. The molecule has 0 radical (unpaired) electrons. The number of ether oxygens (including phenoxy) is 4. The number of esters is 2. The van der Waals surface area contributed by atoms with Gasteiger partial charge in [-0.2, -0.15) is 0 Å². The van der Waals surface area contributed by atoms with Gasteiger partial charge >= 0.3 is 11.9 Å². The van der Waals surface area contributed by atoms with E-state index in [1.807, 2.05) is 31.2 Å². The first-order valence-electron chi connectivity index (χ1n) is 9.10. The van der Waals surface area contributed by atoms with Gasteiger partial charge in [-0.05, 0) is 48.4 Å². The molecule has 0 aromatic heterocycles. The second-order valence-corrected chi connectivity index (χ2v) is 7.71. The van der Waals surface area contributed by atoms with E-state index in [4.69, 9.17) is 18.9 Å². The van der Waals surface area contributed by atoms with Crippen molar-refractivity contribution >= 4 is 33.9 Å². The van der Waals surface area contributed by atoms with Crippen LogP contribution in [0.4, 0.5) is 0 Å². The first kappa shape index (κ1) is 20.9. The number of hydrogen-bond acceptors (Lipinski definition) is 6. The predicted octanol–water partition coefficient (Wildman–Crippen LogP) is 4.65. The molecule has 29 heavy (non-hydrogen) atoms. The van der Waals surface area contributed by atoms with Gasteiger partial charge in [0.2, 0.25) is 0 Å². The molecule has 1 fully saturated rings. The van der Waals surface area contributed by atoms with Gasteiger partial charge in [0.05, 0.1) is 6.61 Å².